The lowest BCUT2D eigenvalue weighted by molar-refractivity contribution is -0.135. The number of nitrogens with zero attached hydrogens (tertiary/aromatic N) is 2. The number of amides is 1. The van der Waals surface area contributed by atoms with E-state index in [1.54, 1.807) is 11.3 Å². The molecule has 1 aromatic carbocycles. The van der Waals surface area contributed by atoms with E-state index in [2.05, 4.69) is 35.4 Å². The number of sulfone groups is 1. The quantitative estimate of drug-likeness (QED) is 0.653. The lowest BCUT2D eigenvalue weighted by Gasteiger charge is -2.38. The molecular weight excluding hydrogens is 416 g/mol. The molecule has 1 saturated heterocycles. The van der Waals surface area contributed by atoms with Crippen LogP contribution < -0.4 is 0 Å². The molecule has 0 saturated carbocycles. The van der Waals surface area contributed by atoms with Crippen molar-refractivity contribution in [3.05, 3.63) is 57.8 Å². The molecule has 162 valence electrons. The van der Waals surface area contributed by atoms with Gasteiger partial charge in [-0.05, 0) is 41.8 Å². The number of hydrogen-bond acceptors (Lipinski definition) is 5. The summed E-state index contributed by atoms with van der Waals surface area (Å²) in [6.45, 7) is 3.91. The van der Waals surface area contributed by atoms with E-state index in [1.165, 1.54) is 16.0 Å². The summed E-state index contributed by atoms with van der Waals surface area (Å²) >= 11 is 1.79. The van der Waals surface area contributed by atoms with Gasteiger partial charge < -0.3 is 4.90 Å². The van der Waals surface area contributed by atoms with Crippen molar-refractivity contribution < 1.29 is 13.2 Å². The van der Waals surface area contributed by atoms with Crippen LogP contribution in [0.1, 0.15) is 48.2 Å². The second kappa shape index (κ2) is 9.20. The van der Waals surface area contributed by atoms with E-state index in [-0.39, 0.29) is 29.5 Å². The highest BCUT2D eigenvalue weighted by Crippen LogP contribution is 2.37. The molecule has 2 aliphatic heterocycles. The monoisotopic (exact) mass is 446 g/mol. The van der Waals surface area contributed by atoms with Gasteiger partial charge in [0.2, 0.25) is 5.91 Å². The minimum atomic E-state index is -3.02. The van der Waals surface area contributed by atoms with Gasteiger partial charge in [0.05, 0.1) is 24.1 Å². The molecule has 4 rings (SSSR count). The molecule has 1 aromatic heterocycles. The van der Waals surface area contributed by atoms with E-state index in [4.69, 9.17) is 0 Å². The molecule has 0 spiro atoms. The summed E-state index contributed by atoms with van der Waals surface area (Å²) in [4.78, 5) is 19.0. The van der Waals surface area contributed by atoms with Crippen molar-refractivity contribution in [2.24, 2.45) is 0 Å². The summed E-state index contributed by atoms with van der Waals surface area (Å²) in [5, 5.41) is 2.14. The van der Waals surface area contributed by atoms with Gasteiger partial charge in [-0.2, -0.15) is 0 Å². The highest BCUT2D eigenvalue weighted by molar-refractivity contribution is 7.91. The third kappa shape index (κ3) is 4.63. The summed E-state index contributed by atoms with van der Waals surface area (Å²) in [5.41, 5.74) is 2.50. The van der Waals surface area contributed by atoms with Gasteiger partial charge in [-0.3, -0.25) is 9.69 Å². The number of hydrogen-bond donors (Lipinski definition) is 0. The van der Waals surface area contributed by atoms with Gasteiger partial charge >= 0.3 is 0 Å². The van der Waals surface area contributed by atoms with Gasteiger partial charge in [-0.1, -0.05) is 43.7 Å². The average Bonchev–Trinajstić information content (AvgIpc) is 3.35. The Balaban J connectivity index is 1.56. The van der Waals surface area contributed by atoms with E-state index in [1.807, 2.05) is 23.1 Å². The van der Waals surface area contributed by atoms with E-state index in [0.717, 1.165) is 25.8 Å². The fraction of sp³-hybridized carbons (Fsp3) is 0.522. The first kappa shape index (κ1) is 21.5. The normalized spacial score (nSPS) is 23.2. The Morgan fingerprint density at radius 2 is 2.03 bits per heavy atom. The van der Waals surface area contributed by atoms with Crippen LogP contribution in [0.15, 0.2) is 41.8 Å². The van der Waals surface area contributed by atoms with Crippen LogP contribution in [0.25, 0.3) is 0 Å². The van der Waals surface area contributed by atoms with E-state index < -0.39 is 9.84 Å². The summed E-state index contributed by atoms with van der Waals surface area (Å²) in [6.07, 6.45) is 3.40. The first-order chi connectivity index (χ1) is 14.5. The zero-order chi connectivity index (χ0) is 21.1. The molecule has 0 N–H and O–H groups in total. The number of fused-ring (bicyclic) bond motifs is 1. The maximum atomic E-state index is 13.4. The van der Waals surface area contributed by atoms with Crippen LogP contribution in [0.5, 0.6) is 0 Å². The van der Waals surface area contributed by atoms with E-state index >= 15 is 0 Å². The Morgan fingerprint density at radius 1 is 1.23 bits per heavy atom. The minimum Gasteiger partial charge on any atom is -0.338 e. The Hall–Kier alpha value is -1.70. The van der Waals surface area contributed by atoms with Crippen LogP contribution >= 0.6 is 11.3 Å². The maximum absolute atomic E-state index is 13.4. The van der Waals surface area contributed by atoms with Gasteiger partial charge in [0, 0.05) is 24.0 Å². The van der Waals surface area contributed by atoms with Crippen molar-refractivity contribution in [3.8, 4) is 0 Å². The standard InChI is InChI=1S/C23H30N2O3S2/c1-2-3-12-25(19-11-15-30(27,28)17-19)22(26)16-24-13-9-21-20(10-14-29-21)23(24)18-7-5-4-6-8-18/h4-8,10,14,19,23H,2-3,9,11-13,15-17H2,1H3/t19-,23-/m1/s1. The molecule has 2 aromatic rings. The molecule has 0 bridgehead atoms. The highest BCUT2D eigenvalue weighted by atomic mass is 32.2. The highest BCUT2D eigenvalue weighted by Gasteiger charge is 2.36. The summed E-state index contributed by atoms with van der Waals surface area (Å²) in [7, 11) is -3.02. The van der Waals surface area contributed by atoms with Crippen LogP contribution in [0.4, 0.5) is 0 Å². The molecule has 1 amide bonds. The van der Waals surface area contributed by atoms with Crippen LogP contribution in [0.3, 0.4) is 0 Å². The molecule has 0 unspecified atom stereocenters. The lowest BCUT2D eigenvalue weighted by Crippen LogP contribution is -2.48. The largest absolute Gasteiger partial charge is 0.338 e. The minimum absolute atomic E-state index is 0.0603. The van der Waals surface area contributed by atoms with Crippen molar-refractivity contribution in [3.63, 3.8) is 0 Å². The Bertz CT molecular complexity index is 971. The fourth-order valence-electron chi connectivity index (χ4n) is 4.69. The molecule has 2 atom stereocenters. The summed E-state index contributed by atoms with van der Waals surface area (Å²) in [6, 6.07) is 12.5. The predicted molar refractivity (Wildman–Crippen MR) is 122 cm³/mol. The number of rotatable bonds is 7. The average molecular weight is 447 g/mol. The van der Waals surface area contributed by atoms with Crippen LogP contribution in [0.2, 0.25) is 0 Å². The first-order valence-corrected chi connectivity index (χ1v) is 13.5. The van der Waals surface area contributed by atoms with Crippen molar-refractivity contribution in [1.82, 2.24) is 9.80 Å². The van der Waals surface area contributed by atoms with Crippen LogP contribution in [-0.2, 0) is 21.1 Å². The third-order valence-electron chi connectivity index (χ3n) is 6.24. The molecule has 0 aliphatic carbocycles. The van der Waals surface area contributed by atoms with E-state index in [9.17, 15) is 13.2 Å². The SMILES string of the molecule is CCCCN(C(=O)CN1CCc2sccc2[C@H]1c1ccccc1)[C@@H]1CCS(=O)(=O)C1. The Morgan fingerprint density at radius 3 is 2.73 bits per heavy atom. The molecule has 2 aliphatic rings. The van der Waals surface area contributed by atoms with Crippen molar-refractivity contribution in [2.45, 2.75) is 44.7 Å². The lowest BCUT2D eigenvalue weighted by atomic mass is 9.93. The van der Waals surface area contributed by atoms with Crippen LogP contribution in [0, 0.1) is 0 Å². The van der Waals surface area contributed by atoms with Crippen LogP contribution in [-0.4, -0.2) is 61.3 Å². The molecular formula is C23H30N2O3S2. The summed E-state index contributed by atoms with van der Waals surface area (Å²) < 4.78 is 24.1. The van der Waals surface area contributed by atoms with Gasteiger partial charge in [0.25, 0.3) is 0 Å². The molecule has 3 heterocycles. The van der Waals surface area contributed by atoms with Gasteiger partial charge in [-0.15, -0.1) is 11.3 Å². The van der Waals surface area contributed by atoms with Gasteiger partial charge in [0.1, 0.15) is 0 Å². The Kier molecular flexibility index (Phi) is 6.60. The Labute approximate surface area is 183 Å². The van der Waals surface area contributed by atoms with Crippen molar-refractivity contribution >= 4 is 27.1 Å². The van der Waals surface area contributed by atoms with Gasteiger partial charge in [0.15, 0.2) is 9.84 Å². The van der Waals surface area contributed by atoms with Crippen molar-refractivity contribution in [1.29, 1.82) is 0 Å². The molecule has 0 radical (unpaired) electrons. The zero-order valence-electron chi connectivity index (χ0n) is 17.5. The number of carbonyl (C=O) groups is 1. The molecule has 30 heavy (non-hydrogen) atoms. The number of carbonyl (C=O) groups excluding carboxylic acids is 1. The van der Waals surface area contributed by atoms with Gasteiger partial charge in [-0.25, -0.2) is 8.42 Å². The number of benzene rings is 1. The predicted octanol–water partition coefficient (Wildman–Crippen LogP) is 3.51. The third-order valence-corrected chi connectivity index (χ3v) is 8.99. The smallest absolute Gasteiger partial charge is 0.237 e. The van der Waals surface area contributed by atoms with E-state index in [0.29, 0.717) is 19.5 Å². The number of unbranched alkanes of at least 4 members (excludes halogenated alkanes) is 1. The second-order valence-electron chi connectivity index (χ2n) is 8.33. The topological polar surface area (TPSA) is 57.7 Å². The molecule has 5 nitrogen and oxygen atoms in total. The molecule has 1 fully saturated rings. The van der Waals surface area contributed by atoms with Crippen molar-refractivity contribution in [2.75, 3.05) is 31.1 Å². The second-order valence-corrected chi connectivity index (χ2v) is 11.6. The summed E-state index contributed by atoms with van der Waals surface area (Å²) in [5.74, 6) is 0.367. The molecule has 7 heteroatoms. The zero-order valence-corrected chi connectivity index (χ0v) is 19.1. The fourth-order valence-corrected chi connectivity index (χ4v) is 7.32. The maximum Gasteiger partial charge on any atom is 0.237 e. The number of thiophene rings is 1. The first-order valence-electron chi connectivity index (χ1n) is 10.8.